The number of allylic oxidation sites excluding steroid dienone is 8. The number of rotatable bonds is 4. The standard InChI is InChI=1S/2C5H5.C4H11Si.Zr/c2*1-2-4-5-3-1;1-4(2)5-3;/h2*1-5H;4-5H,1-3H3;. The average Bonchev–Trinajstić information content (AvgIpc) is 2.89. The summed E-state index contributed by atoms with van der Waals surface area (Å²) in [6.07, 6.45) is 18.9. The van der Waals surface area contributed by atoms with Crippen LogP contribution in [-0.4, -0.2) is 5.92 Å². The summed E-state index contributed by atoms with van der Waals surface area (Å²) in [7, 11) is 0. The predicted molar refractivity (Wildman–Crippen MR) is 72.2 cm³/mol. The number of hydrogen-bond donors (Lipinski definition) is 0. The van der Waals surface area contributed by atoms with E-state index in [0.717, 1.165) is 12.8 Å². The maximum atomic E-state index is 2.62. The van der Waals surface area contributed by atoms with Gasteiger partial charge in [0.25, 0.3) is 0 Å². The third-order valence-corrected chi connectivity index (χ3v) is 29.7. The Hall–Kier alpha value is 0.0600. The summed E-state index contributed by atoms with van der Waals surface area (Å²) in [5, 5.41) is 0. The zero-order chi connectivity index (χ0) is 11.5. The average molecular weight is 309 g/mol. The summed E-state index contributed by atoms with van der Waals surface area (Å²) in [5.74, 6) is -0.505. The molecule has 0 spiro atoms. The zero-order valence-electron chi connectivity index (χ0n) is 10.4. The Morgan fingerprint density at radius 1 is 0.875 bits per heavy atom. The zero-order valence-corrected chi connectivity index (χ0v) is 14.0. The van der Waals surface area contributed by atoms with Crippen molar-refractivity contribution in [3.8, 4) is 0 Å². The van der Waals surface area contributed by atoms with Gasteiger partial charge in [-0.25, -0.2) is 0 Å². The molecule has 2 rings (SSSR count). The van der Waals surface area contributed by atoms with E-state index in [1.807, 2.05) is 0 Å². The molecule has 0 aromatic rings. The van der Waals surface area contributed by atoms with Crippen LogP contribution in [0.5, 0.6) is 0 Å². The molecule has 1 unspecified atom stereocenters. The Kier molecular flexibility index (Phi) is 4.38. The molecule has 0 aliphatic heterocycles. The SMILES string of the molecule is CC(C)[SiH](C)[Zr]([CH]1C=CC=C1)[CH]1C=CC=C1. The van der Waals surface area contributed by atoms with E-state index in [0.29, 0.717) is 0 Å². The molecule has 16 heavy (non-hydrogen) atoms. The molecule has 0 radical (unpaired) electrons. The van der Waals surface area contributed by atoms with E-state index < -0.39 is 26.8 Å². The van der Waals surface area contributed by atoms with Gasteiger partial charge < -0.3 is 0 Å². The molecule has 1 atom stereocenters. The molecule has 0 heterocycles. The first kappa shape index (κ1) is 12.5. The molecular formula is C14H21SiZr. The molecule has 0 bridgehead atoms. The molecule has 0 nitrogen and oxygen atoms in total. The fraction of sp³-hybridized carbons (Fsp3) is 0.429. The first-order valence-electron chi connectivity index (χ1n) is 6.26. The minimum absolute atomic E-state index is 0.505. The van der Waals surface area contributed by atoms with Crippen LogP contribution >= 0.6 is 0 Å². The molecule has 2 aliphatic rings. The first-order valence-corrected chi connectivity index (χ1v) is 15.8. The fourth-order valence-corrected chi connectivity index (χ4v) is 26.1. The van der Waals surface area contributed by atoms with Crippen molar-refractivity contribution in [3.05, 3.63) is 48.6 Å². The van der Waals surface area contributed by atoms with Crippen molar-refractivity contribution in [2.24, 2.45) is 0 Å². The summed E-state index contributed by atoms with van der Waals surface area (Å²) in [6.45, 7) is 7.52. The van der Waals surface area contributed by atoms with E-state index >= 15 is 0 Å². The van der Waals surface area contributed by atoms with E-state index in [2.05, 4.69) is 69.0 Å². The van der Waals surface area contributed by atoms with Gasteiger partial charge in [0, 0.05) is 0 Å². The molecule has 85 valence electrons. The molecule has 0 aromatic carbocycles. The second-order valence-corrected chi connectivity index (χ2v) is 24.4. The molecule has 0 fully saturated rings. The van der Waals surface area contributed by atoms with Gasteiger partial charge in [0.1, 0.15) is 0 Å². The van der Waals surface area contributed by atoms with Crippen molar-refractivity contribution in [2.45, 2.75) is 33.2 Å². The summed E-state index contributed by atoms with van der Waals surface area (Å²) in [6, 6.07) is 0. The van der Waals surface area contributed by atoms with E-state index in [1.54, 1.807) is 0 Å². The first-order chi connectivity index (χ1) is 7.70. The Balaban J connectivity index is 2.18. The topological polar surface area (TPSA) is 0 Å². The molecule has 2 heteroatoms. The molecule has 0 amide bonds. The molecule has 2 aliphatic carbocycles. The van der Waals surface area contributed by atoms with E-state index in [1.165, 1.54) is 0 Å². The van der Waals surface area contributed by atoms with Crippen molar-refractivity contribution < 1.29 is 20.9 Å². The quantitative estimate of drug-likeness (QED) is 0.683. The van der Waals surface area contributed by atoms with Crippen LogP contribution in [0, 0.1) is 0 Å². The summed E-state index contributed by atoms with van der Waals surface area (Å²) in [4.78, 5) is 0. The van der Waals surface area contributed by atoms with Crippen molar-refractivity contribution in [1.82, 2.24) is 0 Å². The Labute approximate surface area is 108 Å². The van der Waals surface area contributed by atoms with E-state index in [9.17, 15) is 0 Å². The maximum absolute atomic E-state index is 2.62. The van der Waals surface area contributed by atoms with Crippen LogP contribution in [0.2, 0.25) is 19.3 Å². The van der Waals surface area contributed by atoms with Crippen molar-refractivity contribution in [2.75, 3.05) is 0 Å². The van der Waals surface area contributed by atoms with Crippen LogP contribution < -0.4 is 0 Å². The predicted octanol–water partition coefficient (Wildman–Crippen LogP) is 4.20. The van der Waals surface area contributed by atoms with Gasteiger partial charge in [0.2, 0.25) is 0 Å². The van der Waals surface area contributed by atoms with Gasteiger partial charge >= 0.3 is 109 Å². The van der Waals surface area contributed by atoms with Gasteiger partial charge in [-0.3, -0.25) is 0 Å². The van der Waals surface area contributed by atoms with Crippen molar-refractivity contribution >= 4 is 5.92 Å². The van der Waals surface area contributed by atoms with Crippen LogP contribution in [0.4, 0.5) is 0 Å². The van der Waals surface area contributed by atoms with Gasteiger partial charge in [0.15, 0.2) is 0 Å². The molecule has 0 saturated heterocycles. The van der Waals surface area contributed by atoms with Gasteiger partial charge in [-0.05, 0) is 0 Å². The fourth-order valence-electron chi connectivity index (χ4n) is 2.52. The monoisotopic (exact) mass is 307 g/mol. The van der Waals surface area contributed by atoms with Gasteiger partial charge in [-0.1, -0.05) is 0 Å². The van der Waals surface area contributed by atoms with Crippen LogP contribution in [0.3, 0.4) is 0 Å². The Morgan fingerprint density at radius 3 is 1.56 bits per heavy atom. The van der Waals surface area contributed by atoms with Crippen LogP contribution in [0.15, 0.2) is 48.6 Å². The van der Waals surface area contributed by atoms with Gasteiger partial charge in [0.05, 0.1) is 0 Å². The Bertz CT molecular complexity index is 300. The van der Waals surface area contributed by atoms with Gasteiger partial charge in [-0.2, -0.15) is 0 Å². The molecule has 0 N–H and O–H groups in total. The second kappa shape index (κ2) is 5.60. The Morgan fingerprint density at radius 2 is 1.25 bits per heavy atom. The second-order valence-electron chi connectivity index (χ2n) is 5.12. The molecule has 0 saturated carbocycles. The number of hydrogen-bond acceptors (Lipinski definition) is 0. The van der Waals surface area contributed by atoms with Crippen LogP contribution in [0.25, 0.3) is 0 Å². The normalized spacial score (nSPS) is 21.5. The molecule has 0 aromatic heterocycles. The summed E-state index contributed by atoms with van der Waals surface area (Å²) < 4.78 is 1.76. The van der Waals surface area contributed by atoms with Crippen molar-refractivity contribution in [3.63, 3.8) is 0 Å². The van der Waals surface area contributed by atoms with Crippen molar-refractivity contribution in [1.29, 1.82) is 0 Å². The van der Waals surface area contributed by atoms with Gasteiger partial charge in [-0.15, -0.1) is 0 Å². The summed E-state index contributed by atoms with van der Waals surface area (Å²) in [5.41, 5.74) is 0.971. The van der Waals surface area contributed by atoms with Crippen LogP contribution in [-0.2, 0) is 20.9 Å². The van der Waals surface area contributed by atoms with E-state index in [4.69, 9.17) is 0 Å². The summed E-state index contributed by atoms with van der Waals surface area (Å²) >= 11 is -1.34. The third kappa shape index (κ3) is 2.65. The third-order valence-electron chi connectivity index (χ3n) is 3.79. The molecular weight excluding hydrogens is 287 g/mol. The minimum atomic E-state index is -1.34. The van der Waals surface area contributed by atoms with E-state index in [-0.39, 0.29) is 0 Å². The van der Waals surface area contributed by atoms with Crippen LogP contribution in [0.1, 0.15) is 13.8 Å².